The lowest BCUT2D eigenvalue weighted by Gasteiger charge is -2.26. The van der Waals surface area contributed by atoms with Crippen LogP contribution in [0.1, 0.15) is 46.8 Å². The van der Waals surface area contributed by atoms with Gasteiger partial charge in [-0.1, -0.05) is 13.8 Å². The van der Waals surface area contributed by atoms with Crippen LogP contribution in [0, 0.1) is 0 Å². The first-order valence-corrected chi connectivity index (χ1v) is 7.64. The largest absolute Gasteiger partial charge is 0.351 e. The molecule has 1 aliphatic heterocycles. The Morgan fingerprint density at radius 2 is 2.21 bits per heavy atom. The van der Waals surface area contributed by atoms with Gasteiger partial charge in [-0.05, 0) is 24.5 Å². The van der Waals surface area contributed by atoms with Gasteiger partial charge in [0.05, 0.1) is 4.88 Å². The summed E-state index contributed by atoms with van der Waals surface area (Å²) < 4.78 is 0. The van der Waals surface area contributed by atoms with Gasteiger partial charge in [0.15, 0.2) is 0 Å². The first kappa shape index (κ1) is 14.1. The topological polar surface area (TPSA) is 49.4 Å². The number of carbonyl (C=O) groups is 2. The van der Waals surface area contributed by atoms with Crippen molar-refractivity contribution in [3.05, 3.63) is 21.4 Å². The molecule has 2 amide bonds. The zero-order valence-electron chi connectivity index (χ0n) is 11.5. The van der Waals surface area contributed by atoms with E-state index >= 15 is 0 Å². The molecule has 5 heteroatoms. The van der Waals surface area contributed by atoms with E-state index in [-0.39, 0.29) is 11.8 Å². The molecule has 0 aliphatic carbocycles. The van der Waals surface area contributed by atoms with Crippen LogP contribution in [-0.2, 0) is 17.8 Å². The van der Waals surface area contributed by atoms with Gasteiger partial charge in [-0.2, -0.15) is 0 Å². The highest BCUT2D eigenvalue weighted by Gasteiger charge is 2.23. The van der Waals surface area contributed by atoms with Crippen molar-refractivity contribution in [1.29, 1.82) is 0 Å². The van der Waals surface area contributed by atoms with Crippen molar-refractivity contribution in [1.82, 2.24) is 10.2 Å². The summed E-state index contributed by atoms with van der Waals surface area (Å²) in [6, 6.07) is 1.94. The Bertz CT molecular complexity index is 482. The minimum absolute atomic E-state index is 0.00891. The lowest BCUT2D eigenvalue weighted by atomic mass is 10.1. The fraction of sp³-hybridized carbons (Fsp3) is 0.571. The number of thiophene rings is 1. The highest BCUT2D eigenvalue weighted by Crippen LogP contribution is 2.28. The predicted molar refractivity (Wildman–Crippen MR) is 76.4 cm³/mol. The predicted octanol–water partition coefficient (Wildman–Crippen LogP) is 2.18. The average Bonchev–Trinajstić information content (AvgIpc) is 2.86. The minimum Gasteiger partial charge on any atom is -0.351 e. The van der Waals surface area contributed by atoms with Gasteiger partial charge in [-0.15, -0.1) is 11.3 Å². The van der Waals surface area contributed by atoms with Crippen LogP contribution in [0.25, 0.3) is 0 Å². The summed E-state index contributed by atoms with van der Waals surface area (Å²) in [5.41, 5.74) is 1.14. The summed E-state index contributed by atoms with van der Waals surface area (Å²) in [5.74, 6) is 0.198. The zero-order valence-corrected chi connectivity index (χ0v) is 12.3. The maximum atomic E-state index is 11.9. The average molecular weight is 280 g/mol. The molecule has 0 radical (unpaired) electrons. The Hall–Kier alpha value is -1.36. The number of nitrogens with one attached hydrogen (secondary N) is 1. The van der Waals surface area contributed by atoms with Gasteiger partial charge < -0.3 is 10.2 Å². The Kier molecular flexibility index (Phi) is 4.58. The highest BCUT2D eigenvalue weighted by atomic mass is 32.1. The van der Waals surface area contributed by atoms with Crippen molar-refractivity contribution in [2.24, 2.45) is 0 Å². The Balaban J connectivity index is 2.08. The van der Waals surface area contributed by atoms with Crippen molar-refractivity contribution in [2.75, 3.05) is 13.1 Å². The molecular weight excluding hydrogens is 260 g/mol. The Morgan fingerprint density at radius 3 is 2.89 bits per heavy atom. The van der Waals surface area contributed by atoms with E-state index in [0.29, 0.717) is 19.5 Å². The fourth-order valence-electron chi connectivity index (χ4n) is 2.21. The summed E-state index contributed by atoms with van der Waals surface area (Å²) in [7, 11) is 0. The monoisotopic (exact) mass is 280 g/mol. The number of amides is 2. The molecule has 4 nitrogen and oxygen atoms in total. The van der Waals surface area contributed by atoms with Crippen LogP contribution >= 0.6 is 11.3 Å². The van der Waals surface area contributed by atoms with Crippen LogP contribution in [0.3, 0.4) is 0 Å². The van der Waals surface area contributed by atoms with Crippen molar-refractivity contribution in [2.45, 2.75) is 39.7 Å². The van der Waals surface area contributed by atoms with Crippen molar-refractivity contribution >= 4 is 23.2 Å². The van der Waals surface area contributed by atoms with E-state index in [0.717, 1.165) is 29.8 Å². The van der Waals surface area contributed by atoms with E-state index in [4.69, 9.17) is 0 Å². The molecule has 0 saturated heterocycles. The first-order valence-electron chi connectivity index (χ1n) is 6.83. The van der Waals surface area contributed by atoms with Gasteiger partial charge in [0.1, 0.15) is 0 Å². The molecule has 104 valence electrons. The summed E-state index contributed by atoms with van der Waals surface area (Å²) in [4.78, 5) is 27.5. The molecule has 0 spiro atoms. The number of carbonyl (C=O) groups excluding carboxylic acids is 2. The van der Waals surface area contributed by atoms with E-state index < -0.39 is 0 Å². The second kappa shape index (κ2) is 6.19. The molecule has 1 aromatic rings. The van der Waals surface area contributed by atoms with Gasteiger partial charge in [-0.3, -0.25) is 9.59 Å². The number of rotatable bonds is 4. The molecule has 0 unspecified atom stereocenters. The van der Waals surface area contributed by atoms with Gasteiger partial charge in [0.25, 0.3) is 5.91 Å². The Labute approximate surface area is 117 Å². The number of hydrogen-bond acceptors (Lipinski definition) is 3. The third-order valence-electron chi connectivity index (χ3n) is 3.28. The number of fused-ring (bicyclic) bond motifs is 1. The normalized spacial score (nSPS) is 14.1. The molecule has 1 aliphatic rings. The quantitative estimate of drug-likeness (QED) is 0.919. The van der Waals surface area contributed by atoms with E-state index in [2.05, 4.69) is 5.32 Å². The third kappa shape index (κ3) is 3.15. The van der Waals surface area contributed by atoms with E-state index in [1.165, 1.54) is 4.88 Å². The van der Waals surface area contributed by atoms with E-state index in [1.54, 1.807) is 11.3 Å². The number of hydrogen-bond donors (Lipinski definition) is 1. The first-order chi connectivity index (χ1) is 9.15. The van der Waals surface area contributed by atoms with Crippen molar-refractivity contribution < 1.29 is 9.59 Å². The van der Waals surface area contributed by atoms with Crippen molar-refractivity contribution in [3.63, 3.8) is 0 Å². The molecule has 1 N–H and O–H groups in total. The van der Waals surface area contributed by atoms with Gasteiger partial charge >= 0.3 is 0 Å². The van der Waals surface area contributed by atoms with Crippen LogP contribution in [-0.4, -0.2) is 29.8 Å². The van der Waals surface area contributed by atoms with Crippen LogP contribution in [0.15, 0.2) is 6.07 Å². The maximum Gasteiger partial charge on any atom is 0.261 e. The summed E-state index contributed by atoms with van der Waals surface area (Å²) in [6.45, 7) is 6.06. The second-order valence-corrected chi connectivity index (χ2v) is 5.87. The SMILES string of the molecule is CCCNC(=O)c1cc2c(s1)CCN(C(=O)CC)C2. The molecule has 19 heavy (non-hydrogen) atoms. The smallest absolute Gasteiger partial charge is 0.261 e. The van der Waals surface area contributed by atoms with Gasteiger partial charge in [-0.25, -0.2) is 0 Å². The fourth-order valence-corrected chi connectivity index (χ4v) is 3.29. The lowest BCUT2D eigenvalue weighted by Crippen LogP contribution is -2.34. The molecule has 0 atom stereocenters. The van der Waals surface area contributed by atoms with Crippen molar-refractivity contribution in [3.8, 4) is 0 Å². The lowest BCUT2D eigenvalue weighted by molar-refractivity contribution is -0.131. The highest BCUT2D eigenvalue weighted by molar-refractivity contribution is 7.14. The molecule has 2 heterocycles. The second-order valence-electron chi connectivity index (χ2n) is 4.73. The molecule has 2 rings (SSSR count). The molecular formula is C14H20N2O2S. The van der Waals surface area contributed by atoms with E-state index in [1.807, 2.05) is 24.8 Å². The molecule has 0 bridgehead atoms. The molecule has 0 saturated carbocycles. The summed E-state index contributed by atoms with van der Waals surface area (Å²) in [6.07, 6.45) is 2.35. The minimum atomic E-state index is 0.00891. The Morgan fingerprint density at radius 1 is 1.42 bits per heavy atom. The molecule has 0 aromatic carbocycles. The number of nitrogens with zero attached hydrogens (tertiary/aromatic N) is 1. The maximum absolute atomic E-state index is 11.9. The standard InChI is InChI=1S/C14H20N2O2S/c1-3-6-15-14(18)12-8-10-9-16(13(17)4-2)7-5-11(10)19-12/h8H,3-7,9H2,1-2H3,(H,15,18). The van der Waals surface area contributed by atoms with Gasteiger partial charge in [0, 0.05) is 30.9 Å². The molecule has 0 fully saturated rings. The summed E-state index contributed by atoms with van der Waals surface area (Å²) >= 11 is 1.57. The van der Waals surface area contributed by atoms with Crippen LogP contribution < -0.4 is 5.32 Å². The zero-order chi connectivity index (χ0) is 13.8. The van der Waals surface area contributed by atoms with E-state index in [9.17, 15) is 9.59 Å². The van der Waals surface area contributed by atoms with Crippen LogP contribution in [0.4, 0.5) is 0 Å². The third-order valence-corrected chi connectivity index (χ3v) is 4.52. The summed E-state index contributed by atoms with van der Waals surface area (Å²) in [5, 5.41) is 2.89. The van der Waals surface area contributed by atoms with Crippen LogP contribution in [0.2, 0.25) is 0 Å². The molecule has 1 aromatic heterocycles. The van der Waals surface area contributed by atoms with Gasteiger partial charge in [0.2, 0.25) is 5.91 Å². The van der Waals surface area contributed by atoms with Crippen LogP contribution in [0.5, 0.6) is 0 Å².